The van der Waals surface area contributed by atoms with Crippen LogP contribution in [0.1, 0.15) is 20.3 Å². The van der Waals surface area contributed by atoms with Crippen LogP contribution in [0.25, 0.3) is 0 Å². The highest BCUT2D eigenvalue weighted by molar-refractivity contribution is 6.17. The van der Waals surface area contributed by atoms with Gasteiger partial charge in [-0.15, -0.1) is 11.6 Å². The zero-order chi connectivity index (χ0) is 5.70. The highest BCUT2D eigenvalue weighted by Crippen LogP contribution is 2.01. The molecule has 0 fully saturated rings. The van der Waals surface area contributed by atoms with Crippen LogP contribution in [0.4, 0.5) is 0 Å². The van der Waals surface area contributed by atoms with E-state index in [1.54, 1.807) is 0 Å². The number of hydrogen-bond acceptors (Lipinski definition) is 0. The summed E-state index contributed by atoms with van der Waals surface area (Å²) in [5.74, 6) is 1.46. The van der Waals surface area contributed by atoms with Crippen LogP contribution in [0, 0.1) is 12.3 Å². The molecule has 0 aliphatic heterocycles. The summed E-state index contributed by atoms with van der Waals surface area (Å²) in [4.78, 5) is 0. The van der Waals surface area contributed by atoms with Gasteiger partial charge in [-0.05, 0) is 18.8 Å². The van der Waals surface area contributed by atoms with Gasteiger partial charge >= 0.3 is 0 Å². The van der Waals surface area contributed by atoms with Crippen molar-refractivity contribution in [3.8, 4) is 0 Å². The molecule has 0 saturated carbocycles. The molecule has 0 aliphatic carbocycles. The average Bonchev–Trinajstić information content (AvgIpc) is 1.61. The monoisotopic (exact) mass is 119 g/mol. The van der Waals surface area contributed by atoms with Gasteiger partial charge in [0.25, 0.3) is 0 Å². The van der Waals surface area contributed by atoms with Crippen molar-refractivity contribution in [2.75, 3.05) is 5.88 Å². The van der Waals surface area contributed by atoms with Gasteiger partial charge in [-0.25, -0.2) is 0 Å². The molecular formula is C6H12Cl. The van der Waals surface area contributed by atoms with Gasteiger partial charge in [-0.1, -0.05) is 13.8 Å². The fourth-order valence-corrected chi connectivity index (χ4v) is 0.522. The van der Waals surface area contributed by atoms with E-state index < -0.39 is 0 Å². The van der Waals surface area contributed by atoms with Crippen LogP contribution in [0.3, 0.4) is 0 Å². The number of halogens is 1. The lowest BCUT2D eigenvalue weighted by molar-refractivity contribution is 0.725. The summed E-state index contributed by atoms with van der Waals surface area (Å²) in [5, 5.41) is 0. The standard InChI is InChI=1S/C6H12Cl/c1-6(2)4-3-5-7/h4,6H,3,5H2,1-2H3. The first kappa shape index (κ1) is 7.29. The minimum Gasteiger partial charge on any atom is -0.127 e. The Morgan fingerprint density at radius 3 is 2.29 bits per heavy atom. The SMILES string of the molecule is CC(C)[CH]CCCl. The van der Waals surface area contributed by atoms with Crippen LogP contribution in [-0.4, -0.2) is 5.88 Å². The molecule has 0 saturated heterocycles. The molecule has 0 nitrogen and oxygen atoms in total. The summed E-state index contributed by atoms with van der Waals surface area (Å²) in [5.41, 5.74) is 0. The lowest BCUT2D eigenvalue weighted by Gasteiger charge is -1.97. The molecule has 43 valence electrons. The fourth-order valence-electron chi connectivity index (χ4n) is 0.396. The molecule has 0 spiro atoms. The van der Waals surface area contributed by atoms with Gasteiger partial charge in [0.05, 0.1) is 0 Å². The Balaban J connectivity index is 2.68. The molecule has 0 aromatic rings. The summed E-state index contributed by atoms with van der Waals surface area (Å²) in [6.45, 7) is 4.32. The maximum absolute atomic E-state index is 5.41. The first-order valence-corrected chi connectivity index (χ1v) is 3.20. The van der Waals surface area contributed by atoms with Crippen molar-refractivity contribution < 1.29 is 0 Å². The van der Waals surface area contributed by atoms with E-state index in [1.807, 2.05) is 0 Å². The van der Waals surface area contributed by atoms with E-state index in [-0.39, 0.29) is 0 Å². The zero-order valence-electron chi connectivity index (χ0n) is 4.95. The van der Waals surface area contributed by atoms with Gasteiger partial charge in [0.1, 0.15) is 0 Å². The number of rotatable bonds is 3. The van der Waals surface area contributed by atoms with E-state index in [0.717, 1.165) is 12.3 Å². The first-order valence-electron chi connectivity index (χ1n) is 2.66. The van der Waals surface area contributed by atoms with Crippen molar-refractivity contribution in [3.63, 3.8) is 0 Å². The molecule has 0 atom stereocenters. The number of alkyl halides is 1. The molecule has 0 heterocycles. The number of hydrogen-bond donors (Lipinski definition) is 0. The third-order valence-electron chi connectivity index (χ3n) is 0.747. The van der Waals surface area contributed by atoms with Crippen molar-refractivity contribution in [3.05, 3.63) is 6.42 Å². The molecule has 0 N–H and O–H groups in total. The van der Waals surface area contributed by atoms with Gasteiger partial charge in [0.2, 0.25) is 0 Å². The molecule has 0 aromatic carbocycles. The molecule has 0 bridgehead atoms. The smallest absolute Gasteiger partial charge is 0.0226 e. The largest absolute Gasteiger partial charge is 0.127 e. The van der Waals surface area contributed by atoms with E-state index in [0.29, 0.717) is 5.92 Å². The van der Waals surface area contributed by atoms with Crippen LogP contribution in [0.5, 0.6) is 0 Å². The highest BCUT2D eigenvalue weighted by atomic mass is 35.5. The second-order valence-electron chi connectivity index (χ2n) is 1.96. The van der Waals surface area contributed by atoms with Gasteiger partial charge in [-0.3, -0.25) is 0 Å². The fraction of sp³-hybridized carbons (Fsp3) is 0.833. The first-order chi connectivity index (χ1) is 3.27. The topological polar surface area (TPSA) is 0 Å². The zero-order valence-corrected chi connectivity index (χ0v) is 5.70. The van der Waals surface area contributed by atoms with Crippen LogP contribution in [0.15, 0.2) is 0 Å². The summed E-state index contributed by atoms with van der Waals surface area (Å²) in [6, 6.07) is 0. The lowest BCUT2D eigenvalue weighted by Crippen LogP contribution is -1.87. The van der Waals surface area contributed by atoms with E-state index in [1.165, 1.54) is 0 Å². The second kappa shape index (κ2) is 4.45. The van der Waals surface area contributed by atoms with E-state index in [4.69, 9.17) is 11.6 Å². The molecule has 7 heavy (non-hydrogen) atoms. The van der Waals surface area contributed by atoms with Crippen molar-refractivity contribution in [1.29, 1.82) is 0 Å². The molecule has 0 aliphatic rings. The van der Waals surface area contributed by atoms with Crippen molar-refractivity contribution >= 4 is 11.6 Å². The van der Waals surface area contributed by atoms with E-state index in [9.17, 15) is 0 Å². The minimum atomic E-state index is 0.693. The van der Waals surface area contributed by atoms with Crippen molar-refractivity contribution in [1.82, 2.24) is 0 Å². The molecule has 0 rings (SSSR count). The van der Waals surface area contributed by atoms with Crippen LogP contribution < -0.4 is 0 Å². The Hall–Kier alpha value is 0.290. The summed E-state index contributed by atoms with van der Waals surface area (Å²) in [7, 11) is 0. The molecule has 0 aromatic heterocycles. The third kappa shape index (κ3) is 6.29. The van der Waals surface area contributed by atoms with E-state index in [2.05, 4.69) is 20.3 Å². The molecular weight excluding hydrogens is 108 g/mol. The van der Waals surface area contributed by atoms with Gasteiger partial charge in [0.15, 0.2) is 0 Å². The Labute approximate surface area is 50.9 Å². The molecule has 1 heteroatoms. The summed E-state index contributed by atoms with van der Waals surface area (Å²) in [6.07, 6.45) is 3.26. The predicted octanol–water partition coefficient (Wildman–Crippen LogP) is 2.48. The molecule has 0 unspecified atom stereocenters. The Morgan fingerprint density at radius 1 is 1.57 bits per heavy atom. The second-order valence-corrected chi connectivity index (χ2v) is 2.34. The molecule has 0 amide bonds. The Kier molecular flexibility index (Phi) is 4.63. The van der Waals surface area contributed by atoms with E-state index >= 15 is 0 Å². The third-order valence-corrected chi connectivity index (χ3v) is 0.965. The minimum absolute atomic E-state index is 0.693. The van der Waals surface area contributed by atoms with Gasteiger partial charge in [0, 0.05) is 5.88 Å². The summed E-state index contributed by atoms with van der Waals surface area (Å²) < 4.78 is 0. The summed E-state index contributed by atoms with van der Waals surface area (Å²) >= 11 is 5.41. The Morgan fingerprint density at radius 2 is 2.14 bits per heavy atom. The maximum atomic E-state index is 5.41. The van der Waals surface area contributed by atoms with Crippen LogP contribution >= 0.6 is 11.6 Å². The molecule has 1 radical (unpaired) electrons. The van der Waals surface area contributed by atoms with Crippen LogP contribution in [0.2, 0.25) is 0 Å². The average molecular weight is 120 g/mol. The van der Waals surface area contributed by atoms with Gasteiger partial charge < -0.3 is 0 Å². The highest BCUT2D eigenvalue weighted by Gasteiger charge is 1.90. The lowest BCUT2D eigenvalue weighted by atomic mass is 10.1. The predicted molar refractivity (Wildman–Crippen MR) is 34.5 cm³/mol. The van der Waals surface area contributed by atoms with Crippen molar-refractivity contribution in [2.24, 2.45) is 5.92 Å². The van der Waals surface area contributed by atoms with Gasteiger partial charge in [-0.2, -0.15) is 0 Å². The van der Waals surface area contributed by atoms with Crippen molar-refractivity contribution in [2.45, 2.75) is 20.3 Å². The quantitative estimate of drug-likeness (QED) is 0.501. The maximum Gasteiger partial charge on any atom is 0.0226 e. The Bertz CT molecular complexity index is 33.2. The normalized spacial score (nSPS) is 10.3. The van der Waals surface area contributed by atoms with Crippen LogP contribution in [-0.2, 0) is 0 Å².